The highest BCUT2D eigenvalue weighted by atomic mass is 79.9. The number of aromatic nitrogens is 1. The molecule has 8 heteroatoms. The van der Waals surface area contributed by atoms with Crippen molar-refractivity contribution < 1.29 is 9.53 Å². The summed E-state index contributed by atoms with van der Waals surface area (Å²) >= 11 is 3.38. The first-order valence-corrected chi connectivity index (χ1v) is 8.46. The van der Waals surface area contributed by atoms with Crippen LogP contribution in [0.25, 0.3) is 0 Å². The number of nitriles is 1. The summed E-state index contributed by atoms with van der Waals surface area (Å²) in [6.07, 6.45) is 1.51. The first kappa shape index (κ1) is 19.6. The van der Waals surface area contributed by atoms with E-state index in [1.54, 1.807) is 6.92 Å². The highest BCUT2D eigenvalue weighted by molar-refractivity contribution is 9.10. The number of carbonyl (C=O) groups excluding carboxylic acids is 1. The van der Waals surface area contributed by atoms with Gasteiger partial charge in [-0.2, -0.15) is 10.4 Å². The Bertz CT molecular complexity index is 930. The molecule has 1 aromatic carbocycles. The van der Waals surface area contributed by atoms with Crippen molar-refractivity contribution in [3.63, 3.8) is 0 Å². The van der Waals surface area contributed by atoms with Crippen molar-refractivity contribution in [2.24, 2.45) is 5.10 Å². The largest absolute Gasteiger partial charge is 0.380 e. The van der Waals surface area contributed by atoms with Crippen molar-refractivity contribution in [2.75, 3.05) is 7.11 Å². The first-order chi connectivity index (χ1) is 12.5. The fourth-order valence-electron chi connectivity index (χ4n) is 2.35. The van der Waals surface area contributed by atoms with Gasteiger partial charge in [0, 0.05) is 22.8 Å². The lowest BCUT2D eigenvalue weighted by Gasteiger charge is -2.15. The Balaban J connectivity index is 2.22. The van der Waals surface area contributed by atoms with Crippen molar-refractivity contribution in [3.05, 3.63) is 67.5 Å². The molecule has 0 radical (unpaired) electrons. The number of carbonyl (C=O) groups is 1. The molecule has 0 atom stereocenters. The number of hydrogen-bond donors (Lipinski definition) is 1. The average molecular weight is 417 g/mol. The van der Waals surface area contributed by atoms with Gasteiger partial charge in [0.2, 0.25) is 0 Å². The third-order valence-corrected chi connectivity index (χ3v) is 4.71. The molecule has 0 saturated carbocycles. The maximum absolute atomic E-state index is 12.5. The standard InChI is InChI=1S/C18H17BrN4O3/c1-12-17(19)15(11-26-2)14(8-20)18(25)23(12)10-16(24)22-21-9-13-6-4-3-5-7-13/h3-7,9H,10-11H2,1-2H3,(H,22,24)/b21-9+. The summed E-state index contributed by atoms with van der Waals surface area (Å²) in [6, 6.07) is 11.2. The molecule has 0 bridgehead atoms. The Kier molecular flexibility index (Phi) is 6.83. The molecule has 2 aromatic rings. The van der Waals surface area contributed by atoms with Crippen molar-refractivity contribution in [1.29, 1.82) is 5.26 Å². The van der Waals surface area contributed by atoms with Crippen LogP contribution in [0.1, 0.15) is 22.4 Å². The molecule has 7 nitrogen and oxygen atoms in total. The van der Waals surface area contributed by atoms with Crippen molar-refractivity contribution >= 4 is 28.1 Å². The summed E-state index contributed by atoms with van der Waals surface area (Å²) in [4.78, 5) is 24.7. The van der Waals surface area contributed by atoms with Crippen LogP contribution >= 0.6 is 15.9 Å². The van der Waals surface area contributed by atoms with Gasteiger partial charge >= 0.3 is 0 Å². The molecule has 1 N–H and O–H groups in total. The van der Waals surface area contributed by atoms with Gasteiger partial charge in [0.1, 0.15) is 18.2 Å². The van der Waals surface area contributed by atoms with E-state index < -0.39 is 11.5 Å². The maximum Gasteiger partial charge on any atom is 0.269 e. The molecule has 2 rings (SSSR count). The first-order valence-electron chi connectivity index (χ1n) is 7.67. The zero-order valence-corrected chi connectivity index (χ0v) is 15.9. The van der Waals surface area contributed by atoms with Gasteiger partial charge in [0.15, 0.2) is 0 Å². The molecule has 0 fully saturated rings. The highest BCUT2D eigenvalue weighted by Gasteiger charge is 2.19. The minimum atomic E-state index is -0.539. The van der Waals surface area contributed by atoms with Gasteiger partial charge in [-0.05, 0) is 28.4 Å². The zero-order valence-electron chi connectivity index (χ0n) is 14.3. The Morgan fingerprint density at radius 1 is 1.42 bits per heavy atom. The number of nitrogens with zero attached hydrogens (tertiary/aromatic N) is 3. The van der Waals surface area contributed by atoms with E-state index in [1.165, 1.54) is 17.9 Å². The molecular formula is C18H17BrN4O3. The number of amides is 1. The van der Waals surface area contributed by atoms with Crippen molar-refractivity contribution in [2.45, 2.75) is 20.1 Å². The molecule has 0 aliphatic rings. The van der Waals surface area contributed by atoms with Crippen LogP contribution < -0.4 is 11.0 Å². The maximum atomic E-state index is 12.5. The summed E-state index contributed by atoms with van der Waals surface area (Å²) in [7, 11) is 1.48. The van der Waals surface area contributed by atoms with E-state index in [4.69, 9.17) is 4.74 Å². The molecule has 1 heterocycles. The van der Waals surface area contributed by atoms with Gasteiger partial charge in [-0.3, -0.25) is 9.59 Å². The lowest BCUT2D eigenvalue weighted by atomic mass is 10.1. The Hall–Kier alpha value is -2.76. The number of halogens is 1. The lowest BCUT2D eigenvalue weighted by Crippen LogP contribution is -2.33. The highest BCUT2D eigenvalue weighted by Crippen LogP contribution is 2.23. The molecule has 1 amide bonds. The van der Waals surface area contributed by atoms with Crippen LogP contribution in [0.2, 0.25) is 0 Å². The Labute approximate surface area is 159 Å². The van der Waals surface area contributed by atoms with Crippen LogP contribution in [-0.2, 0) is 22.7 Å². The molecule has 1 aromatic heterocycles. The normalized spacial score (nSPS) is 10.7. The smallest absolute Gasteiger partial charge is 0.269 e. The van der Waals surface area contributed by atoms with E-state index in [-0.39, 0.29) is 18.7 Å². The van der Waals surface area contributed by atoms with Gasteiger partial charge in [-0.1, -0.05) is 30.3 Å². The molecule has 26 heavy (non-hydrogen) atoms. The monoisotopic (exact) mass is 416 g/mol. The minimum Gasteiger partial charge on any atom is -0.380 e. The van der Waals surface area contributed by atoms with E-state index in [0.29, 0.717) is 15.7 Å². The molecule has 134 valence electrons. The predicted molar refractivity (Wildman–Crippen MR) is 101 cm³/mol. The number of methoxy groups -OCH3 is 1. The van der Waals surface area contributed by atoms with Crippen LogP contribution in [0, 0.1) is 18.3 Å². The Morgan fingerprint density at radius 2 is 2.12 bits per heavy atom. The van der Waals surface area contributed by atoms with Crippen LogP contribution in [-0.4, -0.2) is 23.8 Å². The van der Waals surface area contributed by atoms with Gasteiger partial charge in [0.25, 0.3) is 11.5 Å². The van der Waals surface area contributed by atoms with E-state index in [0.717, 1.165) is 5.56 Å². The molecule has 0 saturated heterocycles. The molecule has 0 aliphatic carbocycles. The number of pyridine rings is 1. The minimum absolute atomic E-state index is 0.0510. The number of hydrazone groups is 1. The topological polar surface area (TPSA) is 96.5 Å². The third kappa shape index (κ3) is 4.45. The quantitative estimate of drug-likeness (QED) is 0.575. The van der Waals surface area contributed by atoms with Crippen LogP contribution in [0.3, 0.4) is 0 Å². The fraction of sp³-hybridized carbons (Fsp3) is 0.222. The second-order valence-corrected chi connectivity index (χ2v) is 6.19. The molecule has 0 aliphatic heterocycles. The van der Waals surface area contributed by atoms with Crippen LogP contribution in [0.4, 0.5) is 0 Å². The lowest BCUT2D eigenvalue weighted by molar-refractivity contribution is -0.121. The summed E-state index contributed by atoms with van der Waals surface area (Å²) in [5.74, 6) is -0.474. The summed E-state index contributed by atoms with van der Waals surface area (Å²) in [5.41, 5.74) is 3.62. The number of benzene rings is 1. The van der Waals surface area contributed by atoms with E-state index in [2.05, 4.69) is 26.5 Å². The number of ether oxygens (including phenoxy) is 1. The fourth-order valence-corrected chi connectivity index (χ4v) is 2.87. The van der Waals surface area contributed by atoms with Crippen LogP contribution in [0.15, 0.2) is 44.7 Å². The predicted octanol–water partition coefficient (Wildman–Crippen LogP) is 2.09. The molecular weight excluding hydrogens is 400 g/mol. The number of hydrogen-bond acceptors (Lipinski definition) is 5. The molecule has 0 unspecified atom stereocenters. The van der Waals surface area contributed by atoms with Gasteiger partial charge in [-0.25, -0.2) is 5.43 Å². The molecule has 0 spiro atoms. The van der Waals surface area contributed by atoms with E-state index in [1.807, 2.05) is 36.4 Å². The summed E-state index contributed by atoms with van der Waals surface area (Å²) in [5, 5.41) is 13.2. The van der Waals surface area contributed by atoms with Crippen LogP contribution in [0.5, 0.6) is 0 Å². The zero-order chi connectivity index (χ0) is 19.1. The SMILES string of the molecule is COCc1c(Br)c(C)n(CC(=O)N/N=C/c2ccccc2)c(=O)c1C#N. The Morgan fingerprint density at radius 3 is 2.73 bits per heavy atom. The third-order valence-electron chi connectivity index (χ3n) is 3.65. The summed E-state index contributed by atoms with van der Waals surface area (Å²) < 4.78 is 6.85. The number of rotatable bonds is 6. The van der Waals surface area contributed by atoms with Gasteiger partial charge < -0.3 is 9.30 Å². The van der Waals surface area contributed by atoms with E-state index in [9.17, 15) is 14.9 Å². The van der Waals surface area contributed by atoms with Crippen molar-refractivity contribution in [1.82, 2.24) is 9.99 Å². The second kappa shape index (κ2) is 9.08. The van der Waals surface area contributed by atoms with E-state index >= 15 is 0 Å². The average Bonchev–Trinajstić information content (AvgIpc) is 2.64. The summed E-state index contributed by atoms with van der Waals surface area (Å²) in [6.45, 7) is 1.55. The second-order valence-electron chi connectivity index (χ2n) is 5.39. The van der Waals surface area contributed by atoms with Gasteiger partial charge in [0.05, 0.1) is 12.8 Å². The van der Waals surface area contributed by atoms with Crippen molar-refractivity contribution in [3.8, 4) is 6.07 Å². The van der Waals surface area contributed by atoms with Gasteiger partial charge in [-0.15, -0.1) is 0 Å². The number of nitrogens with one attached hydrogen (secondary N) is 1.